The minimum absolute atomic E-state index is 0.169. The van der Waals surface area contributed by atoms with Crippen LogP contribution in [0.25, 0.3) is 0 Å². The third-order valence-corrected chi connectivity index (χ3v) is 2.47. The van der Waals surface area contributed by atoms with Crippen LogP contribution in [0.3, 0.4) is 0 Å². The zero-order valence-corrected chi connectivity index (χ0v) is 10.00. The summed E-state index contributed by atoms with van der Waals surface area (Å²) in [6.07, 6.45) is 1.52. The van der Waals surface area contributed by atoms with Crippen molar-refractivity contribution in [2.45, 2.75) is 19.3 Å². The highest BCUT2D eigenvalue weighted by molar-refractivity contribution is 6.30. The second-order valence-electron chi connectivity index (χ2n) is 3.58. The third kappa shape index (κ3) is 4.75. The third-order valence-electron chi connectivity index (χ3n) is 2.23. The van der Waals surface area contributed by atoms with Crippen molar-refractivity contribution in [1.82, 2.24) is 0 Å². The van der Waals surface area contributed by atoms with Gasteiger partial charge in [0.1, 0.15) is 6.07 Å². The first-order chi connectivity index (χ1) is 8.13. The lowest BCUT2D eigenvalue weighted by molar-refractivity contribution is -0.137. The van der Waals surface area contributed by atoms with E-state index in [0.29, 0.717) is 29.2 Å². The monoisotopic (exact) mass is 252 g/mol. The summed E-state index contributed by atoms with van der Waals surface area (Å²) >= 11 is 5.83. The number of nitrogens with zero attached hydrogens (tertiary/aromatic N) is 1. The number of hydrogen-bond donors (Lipinski definition) is 2. The summed E-state index contributed by atoms with van der Waals surface area (Å²) in [6, 6.07) is 7.08. The zero-order valence-electron chi connectivity index (χ0n) is 9.24. The van der Waals surface area contributed by atoms with E-state index in [2.05, 4.69) is 11.4 Å². The van der Waals surface area contributed by atoms with Crippen molar-refractivity contribution in [2.24, 2.45) is 0 Å². The molecule has 0 atom stereocenters. The maximum atomic E-state index is 10.3. The van der Waals surface area contributed by atoms with Crippen LogP contribution in [-0.4, -0.2) is 17.6 Å². The Morgan fingerprint density at radius 3 is 2.88 bits per heavy atom. The van der Waals surface area contributed by atoms with Crippen LogP contribution in [0.1, 0.15) is 24.8 Å². The Hall–Kier alpha value is -1.73. The van der Waals surface area contributed by atoms with E-state index in [1.807, 2.05) is 0 Å². The summed E-state index contributed by atoms with van der Waals surface area (Å²) in [5.74, 6) is -0.787. The molecule has 17 heavy (non-hydrogen) atoms. The molecule has 1 aromatic carbocycles. The second-order valence-corrected chi connectivity index (χ2v) is 4.02. The largest absolute Gasteiger partial charge is 0.481 e. The molecule has 2 N–H and O–H groups in total. The SMILES string of the molecule is N#Cc1ccc(Cl)cc1NCCCCC(=O)O. The number of carboxylic acids is 1. The van der Waals surface area contributed by atoms with Gasteiger partial charge in [0.25, 0.3) is 0 Å². The van der Waals surface area contributed by atoms with E-state index in [1.54, 1.807) is 18.2 Å². The van der Waals surface area contributed by atoms with Crippen LogP contribution < -0.4 is 5.32 Å². The molecule has 1 aromatic rings. The molecule has 0 unspecified atom stereocenters. The van der Waals surface area contributed by atoms with Crippen molar-refractivity contribution in [1.29, 1.82) is 5.26 Å². The van der Waals surface area contributed by atoms with Crippen molar-refractivity contribution in [3.63, 3.8) is 0 Å². The molecule has 0 aliphatic carbocycles. The summed E-state index contributed by atoms with van der Waals surface area (Å²) in [5.41, 5.74) is 1.22. The number of halogens is 1. The van der Waals surface area contributed by atoms with Crippen LogP contribution in [0.15, 0.2) is 18.2 Å². The lowest BCUT2D eigenvalue weighted by Gasteiger charge is -2.07. The van der Waals surface area contributed by atoms with Gasteiger partial charge in [0.2, 0.25) is 0 Å². The maximum absolute atomic E-state index is 10.3. The fraction of sp³-hybridized carbons (Fsp3) is 0.333. The highest BCUT2D eigenvalue weighted by Crippen LogP contribution is 2.20. The minimum Gasteiger partial charge on any atom is -0.481 e. The fourth-order valence-electron chi connectivity index (χ4n) is 1.38. The molecular formula is C12H13ClN2O2. The fourth-order valence-corrected chi connectivity index (χ4v) is 1.56. The number of aliphatic carboxylic acids is 1. The summed E-state index contributed by atoms with van der Waals surface area (Å²) < 4.78 is 0. The molecule has 0 amide bonds. The Morgan fingerprint density at radius 2 is 2.24 bits per heavy atom. The van der Waals surface area contributed by atoms with E-state index in [1.165, 1.54) is 0 Å². The quantitative estimate of drug-likeness (QED) is 0.764. The molecule has 4 nitrogen and oxygen atoms in total. The van der Waals surface area contributed by atoms with E-state index in [4.69, 9.17) is 22.0 Å². The van der Waals surface area contributed by atoms with Gasteiger partial charge < -0.3 is 10.4 Å². The van der Waals surface area contributed by atoms with Gasteiger partial charge in [-0.3, -0.25) is 4.79 Å². The number of nitriles is 1. The van der Waals surface area contributed by atoms with Crippen molar-refractivity contribution in [3.05, 3.63) is 28.8 Å². The Balaban J connectivity index is 2.43. The summed E-state index contributed by atoms with van der Waals surface area (Å²) in [5, 5.41) is 21.0. The topological polar surface area (TPSA) is 73.1 Å². The predicted octanol–water partition coefficient (Wildman–Crippen LogP) is 2.88. The van der Waals surface area contributed by atoms with Crippen LogP contribution in [0.2, 0.25) is 5.02 Å². The molecule has 0 saturated carbocycles. The number of carbonyl (C=O) groups is 1. The van der Waals surface area contributed by atoms with E-state index >= 15 is 0 Å². The molecule has 0 heterocycles. The predicted molar refractivity (Wildman–Crippen MR) is 66.1 cm³/mol. The standard InChI is InChI=1S/C12H13ClN2O2/c13-10-5-4-9(8-14)11(7-10)15-6-2-1-3-12(16)17/h4-5,7,15H,1-3,6H2,(H,16,17). The highest BCUT2D eigenvalue weighted by Gasteiger charge is 2.02. The van der Waals surface area contributed by atoms with Crippen LogP contribution in [0, 0.1) is 11.3 Å². The van der Waals surface area contributed by atoms with Gasteiger partial charge in [-0.1, -0.05) is 11.6 Å². The number of nitrogens with one attached hydrogen (secondary N) is 1. The van der Waals surface area contributed by atoms with Crippen molar-refractivity contribution in [2.75, 3.05) is 11.9 Å². The highest BCUT2D eigenvalue weighted by atomic mass is 35.5. The van der Waals surface area contributed by atoms with Crippen LogP contribution in [0.5, 0.6) is 0 Å². The normalized spacial score (nSPS) is 9.65. The Kier molecular flexibility index (Phi) is 5.31. The molecule has 0 aromatic heterocycles. The zero-order chi connectivity index (χ0) is 12.7. The first kappa shape index (κ1) is 13.3. The molecule has 0 fully saturated rings. The average molecular weight is 253 g/mol. The first-order valence-electron chi connectivity index (χ1n) is 5.29. The number of rotatable bonds is 6. The van der Waals surface area contributed by atoms with Gasteiger partial charge in [-0.2, -0.15) is 5.26 Å². The summed E-state index contributed by atoms with van der Waals surface area (Å²) in [4.78, 5) is 10.3. The van der Waals surface area contributed by atoms with Gasteiger partial charge in [0.15, 0.2) is 0 Å². The molecule has 90 valence electrons. The Bertz CT molecular complexity index is 441. The van der Waals surface area contributed by atoms with Crippen LogP contribution >= 0.6 is 11.6 Å². The van der Waals surface area contributed by atoms with Gasteiger partial charge in [-0.15, -0.1) is 0 Å². The Labute approximate surface area is 105 Å². The van der Waals surface area contributed by atoms with Crippen LogP contribution in [0.4, 0.5) is 5.69 Å². The van der Waals surface area contributed by atoms with Crippen LogP contribution in [-0.2, 0) is 4.79 Å². The van der Waals surface area contributed by atoms with Crippen molar-refractivity contribution >= 4 is 23.3 Å². The van der Waals surface area contributed by atoms with E-state index in [9.17, 15) is 4.79 Å². The maximum Gasteiger partial charge on any atom is 0.303 e. The lowest BCUT2D eigenvalue weighted by atomic mass is 10.2. The molecule has 0 aliphatic rings. The molecule has 5 heteroatoms. The molecular weight excluding hydrogens is 240 g/mol. The number of benzene rings is 1. The Morgan fingerprint density at radius 1 is 1.47 bits per heavy atom. The van der Waals surface area contributed by atoms with E-state index in [0.717, 1.165) is 6.42 Å². The molecule has 0 spiro atoms. The number of unbranched alkanes of at least 4 members (excludes halogenated alkanes) is 1. The van der Waals surface area contributed by atoms with Gasteiger partial charge in [0, 0.05) is 18.0 Å². The lowest BCUT2D eigenvalue weighted by Crippen LogP contribution is -2.04. The summed E-state index contributed by atoms with van der Waals surface area (Å²) in [7, 11) is 0. The van der Waals surface area contributed by atoms with E-state index in [-0.39, 0.29) is 6.42 Å². The second kappa shape index (κ2) is 6.77. The number of hydrogen-bond acceptors (Lipinski definition) is 3. The smallest absolute Gasteiger partial charge is 0.303 e. The van der Waals surface area contributed by atoms with Crippen molar-refractivity contribution in [3.8, 4) is 6.07 Å². The molecule has 0 saturated heterocycles. The van der Waals surface area contributed by atoms with Gasteiger partial charge in [0.05, 0.1) is 11.3 Å². The molecule has 1 rings (SSSR count). The number of anilines is 1. The number of carboxylic acid groups (broad SMARTS) is 1. The van der Waals surface area contributed by atoms with Gasteiger partial charge in [-0.05, 0) is 31.0 Å². The molecule has 0 radical (unpaired) electrons. The minimum atomic E-state index is -0.787. The molecule has 0 bridgehead atoms. The van der Waals surface area contributed by atoms with E-state index < -0.39 is 5.97 Å². The van der Waals surface area contributed by atoms with Gasteiger partial charge >= 0.3 is 5.97 Å². The van der Waals surface area contributed by atoms with Gasteiger partial charge in [-0.25, -0.2) is 0 Å². The average Bonchev–Trinajstić information content (AvgIpc) is 2.28. The first-order valence-corrected chi connectivity index (χ1v) is 5.66. The summed E-state index contributed by atoms with van der Waals surface area (Å²) in [6.45, 7) is 0.627. The van der Waals surface area contributed by atoms with Crippen molar-refractivity contribution < 1.29 is 9.90 Å². The molecule has 0 aliphatic heterocycles.